The molecule has 1 N–H and O–H groups in total. The number of hydrogen-bond acceptors (Lipinski definition) is 4. The van der Waals surface area contributed by atoms with E-state index in [1.807, 2.05) is 25.2 Å². The van der Waals surface area contributed by atoms with Crippen LogP contribution in [-0.2, 0) is 11.2 Å². The number of benzene rings is 2. The van der Waals surface area contributed by atoms with Crippen LogP contribution >= 0.6 is 0 Å². The third-order valence-corrected chi connectivity index (χ3v) is 6.03. The summed E-state index contributed by atoms with van der Waals surface area (Å²) < 4.78 is 5.82. The van der Waals surface area contributed by atoms with Crippen molar-refractivity contribution in [3.8, 4) is 23.1 Å². The van der Waals surface area contributed by atoms with Crippen LogP contribution in [0.1, 0.15) is 43.7 Å². The highest BCUT2D eigenvalue weighted by Crippen LogP contribution is 2.49. The molecule has 27 heavy (non-hydrogen) atoms. The Labute approximate surface area is 160 Å². The van der Waals surface area contributed by atoms with Crippen LogP contribution in [0, 0.1) is 16.9 Å². The summed E-state index contributed by atoms with van der Waals surface area (Å²) in [5.74, 6) is 0.254. The zero-order valence-corrected chi connectivity index (χ0v) is 15.6. The molecule has 0 amide bonds. The lowest BCUT2D eigenvalue weighted by Gasteiger charge is -2.37. The summed E-state index contributed by atoms with van der Waals surface area (Å²) in [6, 6.07) is 13.7. The minimum atomic E-state index is -0.0386. The number of hydrogen-bond donors (Lipinski definition) is 1. The van der Waals surface area contributed by atoms with Gasteiger partial charge in [0.1, 0.15) is 5.75 Å². The molecule has 0 radical (unpaired) electrons. The average molecular weight is 360 g/mol. The first-order chi connectivity index (χ1) is 13.1. The van der Waals surface area contributed by atoms with Gasteiger partial charge in [-0.15, -0.1) is 0 Å². The molecule has 1 fully saturated rings. The van der Waals surface area contributed by atoms with Crippen molar-refractivity contribution in [3.05, 3.63) is 53.6 Å². The van der Waals surface area contributed by atoms with E-state index in [-0.39, 0.29) is 11.2 Å². The fraction of sp³-hybridized carbons (Fsp3) is 0.391. The van der Waals surface area contributed by atoms with E-state index in [0.717, 1.165) is 61.1 Å². The number of phenols is 1. The lowest BCUT2D eigenvalue weighted by Crippen LogP contribution is -2.36. The molecule has 4 rings (SSSR count). The number of rotatable bonds is 3. The smallest absolute Gasteiger partial charge is 0.205 e. The molecule has 4 nitrogen and oxygen atoms in total. The van der Waals surface area contributed by atoms with Gasteiger partial charge in [0.05, 0.1) is 11.8 Å². The van der Waals surface area contributed by atoms with Gasteiger partial charge in [-0.3, -0.25) is 0 Å². The van der Waals surface area contributed by atoms with E-state index in [1.54, 1.807) is 12.1 Å². The second-order valence-electron chi connectivity index (χ2n) is 7.59. The summed E-state index contributed by atoms with van der Waals surface area (Å²) in [5, 5.41) is 19.1. The Morgan fingerprint density at radius 3 is 2.67 bits per heavy atom. The molecule has 1 spiro atoms. The lowest BCUT2D eigenvalue weighted by atomic mass is 9.70. The van der Waals surface area contributed by atoms with Crippen molar-refractivity contribution in [2.75, 3.05) is 6.61 Å². The molecule has 2 aromatic carbocycles. The molecule has 0 heterocycles. The first kappa shape index (κ1) is 17.8. The summed E-state index contributed by atoms with van der Waals surface area (Å²) >= 11 is 0. The summed E-state index contributed by atoms with van der Waals surface area (Å²) in [5.41, 5.74) is 5.26. The molecule has 0 unspecified atom stereocenters. The van der Waals surface area contributed by atoms with Gasteiger partial charge >= 0.3 is 0 Å². The topological polar surface area (TPSA) is 65.6 Å². The Morgan fingerprint density at radius 1 is 1.19 bits per heavy atom. The predicted molar refractivity (Wildman–Crippen MR) is 106 cm³/mol. The molecule has 2 aromatic rings. The summed E-state index contributed by atoms with van der Waals surface area (Å²) in [6.45, 7) is 2.80. The number of phenolic OH excluding ortho intramolecular Hbond substituents is 1. The van der Waals surface area contributed by atoms with Crippen LogP contribution in [0.2, 0.25) is 0 Å². The molecule has 4 heteroatoms. The van der Waals surface area contributed by atoms with Crippen molar-refractivity contribution < 1.29 is 9.84 Å². The van der Waals surface area contributed by atoms with Crippen molar-refractivity contribution in [2.45, 2.75) is 45.1 Å². The van der Waals surface area contributed by atoms with Crippen molar-refractivity contribution in [1.29, 1.82) is 5.26 Å². The van der Waals surface area contributed by atoms with Gasteiger partial charge in [-0.1, -0.05) is 24.3 Å². The highest BCUT2D eigenvalue weighted by Gasteiger charge is 2.45. The molecule has 0 saturated heterocycles. The Hall–Kier alpha value is -2.64. The van der Waals surface area contributed by atoms with Gasteiger partial charge in [-0.25, -0.2) is 0 Å². The Bertz CT molecular complexity index is 918. The van der Waals surface area contributed by atoms with E-state index in [9.17, 15) is 10.4 Å². The van der Waals surface area contributed by atoms with Crippen molar-refractivity contribution in [1.82, 2.24) is 0 Å². The van der Waals surface area contributed by atoms with E-state index in [1.165, 1.54) is 5.56 Å². The van der Waals surface area contributed by atoms with Crippen molar-refractivity contribution in [3.63, 3.8) is 0 Å². The largest absolute Gasteiger partial charge is 0.508 e. The van der Waals surface area contributed by atoms with Gasteiger partial charge in [-0.2, -0.15) is 10.3 Å². The van der Waals surface area contributed by atoms with Gasteiger partial charge < -0.3 is 9.84 Å². The van der Waals surface area contributed by atoms with Crippen LogP contribution in [0.25, 0.3) is 11.1 Å². The third-order valence-electron chi connectivity index (χ3n) is 6.03. The number of fused-ring (bicyclic) bond motifs is 1. The average Bonchev–Trinajstić information content (AvgIpc) is 2.97. The van der Waals surface area contributed by atoms with Crippen molar-refractivity contribution in [2.24, 2.45) is 10.4 Å². The van der Waals surface area contributed by atoms with Crippen LogP contribution in [0.15, 0.2) is 47.5 Å². The maximum atomic E-state index is 9.79. The molecule has 1 saturated carbocycles. The van der Waals surface area contributed by atoms with E-state index in [0.29, 0.717) is 6.10 Å². The van der Waals surface area contributed by atoms with Crippen LogP contribution < -0.4 is 0 Å². The lowest BCUT2D eigenvalue weighted by molar-refractivity contribution is 0.0179. The van der Waals surface area contributed by atoms with E-state index in [4.69, 9.17) is 4.74 Å². The molecule has 0 bridgehead atoms. The highest BCUT2D eigenvalue weighted by atomic mass is 16.5. The van der Waals surface area contributed by atoms with Gasteiger partial charge in [0, 0.05) is 17.6 Å². The monoisotopic (exact) mass is 360 g/mol. The second kappa shape index (κ2) is 7.17. The minimum absolute atomic E-state index is 0.0386. The number of nitrogens with zero attached hydrogens (tertiary/aromatic N) is 2. The Kier molecular flexibility index (Phi) is 4.72. The van der Waals surface area contributed by atoms with Crippen LogP contribution in [-0.4, -0.2) is 23.5 Å². The van der Waals surface area contributed by atoms with Gasteiger partial charge in [0.25, 0.3) is 0 Å². The number of ether oxygens (including phenoxy) is 1. The SMILES string of the molecule is CCOC1CCC2(CC1)Cc1ccc(-c3cccc(O)c3)cc1C2=NC#N. The van der Waals surface area contributed by atoms with E-state index in [2.05, 4.69) is 23.2 Å². The van der Waals surface area contributed by atoms with Gasteiger partial charge in [-0.05, 0) is 73.9 Å². The summed E-state index contributed by atoms with van der Waals surface area (Å²) in [6.07, 6.45) is 7.37. The first-order valence-corrected chi connectivity index (χ1v) is 9.67. The van der Waals surface area contributed by atoms with Crippen LogP contribution in [0.5, 0.6) is 5.75 Å². The van der Waals surface area contributed by atoms with Crippen LogP contribution in [0.3, 0.4) is 0 Å². The number of aromatic hydroxyl groups is 1. The van der Waals surface area contributed by atoms with Gasteiger partial charge in [0.2, 0.25) is 6.19 Å². The minimum Gasteiger partial charge on any atom is -0.508 e. The Morgan fingerprint density at radius 2 is 1.96 bits per heavy atom. The van der Waals surface area contributed by atoms with Gasteiger partial charge in [0.15, 0.2) is 0 Å². The van der Waals surface area contributed by atoms with Crippen molar-refractivity contribution >= 4 is 5.71 Å². The molecule has 0 atom stereocenters. The molecule has 2 aliphatic rings. The number of nitriles is 1. The zero-order chi connectivity index (χ0) is 18.9. The van der Waals surface area contributed by atoms with E-state index >= 15 is 0 Å². The fourth-order valence-electron chi connectivity index (χ4n) is 4.74. The molecular weight excluding hydrogens is 336 g/mol. The predicted octanol–water partition coefficient (Wildman–Crippen LogP) is 4.85. The normalized spacial score (nSPS) is 25.5. The molecule has 138 valence electrons. The standard InChI is InChI=1S/C23H24N2O2/c1-2-27-20-8-10-23(11-9-20)14-18-7-6-17(13-21(18)22(23)25-15-24)16-4-3-5-19(26)12-16/h3-7,12-13,20,26H,2,8-11,14H2,1H3. The highest BCUT2D eigenvalue weighted by molar-refractivity contribution is 6.10. The Balaban J connectivity index is 1.69. The number of aliphatic imine (C=N–C) groups is 1. The molecule has 2 aliphatic carbocycles. The zero-order valence-electron chi connectivity index (χ0n) is 15.6. The fourth-order valence-corrected chi connectivity index (χ4v) is 4.74. The maximum Gasteiger partial charge on any atom is 0.205 e. The summed E-state index contributed by atoms with van der Waals surface area (Å²) in [4.78, 5) is 4.30. The third kappa shape index (κ3) is 3.24. The molecular formula is C23H24N2O2. The first-order valence-electron chi connectivity index (χ1n) is 9.67. The molecule has 0 aliphatic heterocycles. The molecule has 0 aromatic heterocycles. The quantitative estimate of drug-likeness (QED) is 0.796. The van der Waals surface area contributed by atoms with Crippen LogP contribution in [0.4, 0.5) is 0 Å². The van der Waals surface area contributed by atoms with E-state index < -0.39 is 0 Å². The maximum absolute atomic E-state index is 9.79. The summed E-state index contributed by atoms with van der Waals surface area (Å²) in [7, 11) is 0. The second-order valence-corrected chi connectivity index (χ2v) is 7.59.